The lowest BCUT2D eigenvalue weighted by Gasteiger charge is -2.08. The Labute approximate surface area is 141 Å². The summed E-state index contributed by atoms with van der Waals surface area (Å²) in [6.45, 7) is 5.32. The molecule has 0 fully saturated rings. The van der Waals surface area contributed by atoms with Gasteiger partial charge in [-0.25, -0.2) is 9.59 Å². The molecule has 0 aliphatic heterocycles. The van der Waals surface area contributed by atoms with Gasteiger partial charge in [-0.05, 0) is 69.3 Å². The fourth-order valence-electron chi connectivity index (χ4n) is 1.94. The van der Waals surface area contributed by atoms with E-state index in [9.17, 15) is 9.59 Å². The first kappa shape index (κ1) is 17.3. The smallest absolute Gasteiger partial charge is 0.343 e. The van der Waals surface area contributed by atoms with E-state index in [1.807, 2.05) is 0 Å². The number of hydrogen-bond acceptors (Lipinski definition) is 4. The molecule has 122 valence electrons. The van der Waals surface area contributed by atoms with E-state index < -0.39 is 11.9 Å². The van der Waals surface area contributed by atoms with Crippen LogP contribution in [0.3, 0.4) is 0 Å². The maximum atomic E-state index is 12.1. The van der Waals surface area contributed by atoms with Gasteiger partial charge in [0.1, 0.15) is 5.75 Å². The molecule has 0 atom stereocenters. The van der Waals surface area contributed by atoms with Crippen LogP contribution in [0.5, 0.6) is 5.75 Å². The molecule has 0 aliphatic carbocycles. The molecule has 0 heterocycles. The van der Waals surface area contributed by atoms with Gasteiger partial charge in [0, 0.05) is 5.56 Å². The summed E-state index contributed by atoms with van der Waals surface area (Å²) in [4.78, 5) is 23.9. The third-order valence-corrected chi connectivity index (χ3v) is 3.03. The lowest BCUT2D eigenvalue weighted by molar-refractivity contribution is 0.0378. The predicted molar refractivity (Wildman–Crippen MR) is 90.9 cm³/mol. The third-order valence-electron chi connectivity index (χ3n) is 3.03. The molecule has 2 aromatic rings. The first-order chi connectivity index (χ1) is 11.5. The van der Waals surface area contributed by atoms with Gasteiger partial charge in [-0.1, -0.05) is 5.92 Å². The van der Waals surface area contributed by atoms with Gasteiger partial charge in [-0.2, -0.15) is 0 Å². The summed E-state index contributed by atoms with van der Waals surface area (Å²) >= 11 is 0. The summed E-state index contributed by atoms with van der Waals surface area (Å²) in [6, 6.07) is 13.1. The number of carbonyl (C=O) groups excluding carboxylic acids is 2. The lowest BCUT2D eigenvalue weighted by Crippen LogP contribution is -2.12. The molecule has 0 aromatic heterocycles. The molecule has 0 spiro atoms. The minimum absolute atomic E-state index is 0.185. The number of hydrogen-bond donors (Lipinski definition) is 0. The molecular formula is C20H18O4. The zero-order valence-corrected chi connectivity index (χ0v) is 13.8. The van der Waals surface area contributed by atoms with Gasteiger partial charge in [0.25, 0.3) is 0 Å². The second kappa shape index (κ2) is 7.98. The van der Waals surface area contributed by atoms with Crippen molar-refractivity contribution in [2.45, 2.75) is 26.9 Å². The van der Waals surface area contributed by atoms with Gasteiger partial charge in [-0.3, -0.25) is 0 Å². The van der Waals surface area contributed by atoms with Crippen LogP contribution in [-0.2, 0) is 4.74 Å². The molecule has 4 nitrogen and oxygen atoms in total. The monoisotopic (exact) mass is 322 g/mol. The summed E-state index contributed by atoms with van der Waals surface area (Å²) in [5, 5.41) is 0. The van der Waals surface area contributed by atoms with Crippen LogP contribution in [0.4, 0.5) is 0 Å². The molecule has 0 unspecified atom stereocenters. The third kappa shape index (κ3) is 4.72. The first-order valence-corrected chi connectivity index (χ1v) is 7.55. The molecule has 0 saturated heterocycles. The van der Waals surface area contributed by atoms with E-state index in [1.54, 1.807) is 69.3 Å². The number of esters is 2. The molecule has 24 heavy (non-hydrogen) atoms. The molecule has 2 aromatic carbocycles. The predicted octanol–water partition coefficient (Wildman–Crippen LogP) is 3.84. The quantitative estimate of drug-likeness (QED) is 0.487. The van der Waals surface area contributed by atoms with Gasteiger partial charge in [-0.15, -0.1) is 5.92 Å². The Bertz CT molecular complexity index is 775. The topological polar surface area (TPSA) is 52.6 Å². The van der Waals surface area contributed by atoms with Crippen molar-refractivity contribution in [3.8, 4) is 17.6 Å². The zero-order chi connectivity index (χ0) is 17.5. The highest BCUT2D eigenvalue weighted by Crippen LogP contribution is 2.16. The first-order valence-electron chi connectivity index (χ1n) is 7.55. The van der Waals surface area contributed by atoms with Crippen LogP contribution >= 0.6 is 0 Å². The lowest BCUT2D eigenvalue weighted by atomic mass is 10.1. The largest absolute Gasteiger partial charge is 0.459 e. The van der Waals surface area contributed by atoms with Crippen molar-refractivity contribution in [2.24, 2.45) is 0 Å². The number of ether oxygens (including phenoxy) is 2. The molecule has 0 saturated carbocycles. The van der Waals surface area contributed by atoms with E-state index in [1.165, 1.54) is 0 Å². The second-order valence-electron chi connectivity index (χ2n) is 5.32. The van der Waals surface area contributed by atoms with Crippen molar-refractivity contribution < 1.29 is 19.1 Å². The summed E-state index contributed by atoms with van der Waals surface area (Å²) in [5.41, 5.74) is 1.67. The molecule has 0 amide bonds. The van der Waals surface area contributed by atoms with Crippen molar-refractivity contribution in [1.82, 2.24) is 0 Å². The summed E-state index contributed by atoms with van der Waals surface area (Å²) in [6.07, 6.45) is -0.185. The van der Waals surface area contributed by atoms with Crippen molar-refractivity contribution in [2.75, 3.05) is 0 Å². The van der Waals surface area contributed by atoms with Crippen molar-refractivity contribution in [1.29, 1.82) is 0 Å². The van der Waals surface area contributed by atoms with E-state index in [0.29, 0.717) is 16.9 Å². The van der Waals surface area contributed by atoms with Crippen molar-refractivity contribution in [3.05, 3.63) is 65.2 Å². The average molecular weight is 322 g/mol. The zero-order valence-electron chi connectivity index (χ0n) is 13.8. The second-order valence-corrected chi connectivity index (χ2v) is 5.32. The van der Waals surface area contributed by atoms with E-state index in [4.69, 9.17) is 9.47 Å². The molecule has 4 heteroatoms. The van der Waals surface area contributed by atoms with Gasteiger partial charge in [0.2, 0.25) is 0 Å². The van der Waals surface area contributed by atoms with Crippen LogP contribution < -0.4 is 4.74 Å². The molecule has 0 radical (unpaired) electrons. The number of benzene rings is 2. The molecule has 2 rings (SSSR count). The van der Waals surface area contributed by atoms with Crippen LogP contribution in [0.1, 0.15) is 47.1 Å². The minimum Gasteiger partial charge on any atom is -0.459 e. The Morgan fingerprint density at radius 3 is 1.96 bits per heavy atom. The summed E-state index contributed by atoms with van der Waals surface area (Å²) < 4.78 is 10.4. The van der Waals surface area contributed by atoms with E-state index >= 15 is 0 Å². The Kier molecular flexibility index (Phi) is 5.75. The normalized spacial score (nSPS) is 9.83. The van der Waals surface area contributed by atoms with Crippen molar-refractivity contribution in [3.63, 3.8) is 0 Å². The van der Waals surface area contributed by atoms with Crippen LogP contribution in [-0.4, -0.2) is 18.0 Å². The molecular weight excluding hydrogens is 304 g/mol. The van der Waals surface area contributed by atoms with Gasteiger partial charge in [0.05, 0.1) is 17.2 Å². The van der Waals surface area contributed by atoms with E-state index in [0.717, 1.165) is 5.56 Å². The summed E-state index contributed by atoms with van der Waals surface area (Å²) in [5.74, 6) is 5.19. The Balaban J connectivity index is 2.03. The average Bonchev–Trinajstić information content (AvgIpc) is 2.56. The fraction of sp³-hybridized carbons (Fsp3) is 0.200. The Hall–Kier alpha value is -3.06. The van der Waals surface area contributed by atoms with Crippen LogP contribution in [0.2, 0.25) is 0 Å². The van der Waals surface area contributed by atoms with Crippen LogP contribution in [0, 0.1) is 11.8 Å². The SMILES string of the molecule is CC#Cc1ccc(C(=O)Oc2ccc(C(=O)OC(C)C)cc2)cc1. The standard InChI is InChI=1S/C20H18O4/c1-4-5-15-6-8-16(9-7-15)20(22)24-18-12-10-17(11-13-18)19(21)23-14(2)3/h6-14H,1-3H3. The van der Waals surface area contributed by atoms with E-state index in [-0.39, 0.29) is 6.10 Å². The van der Waals surface area contributed by atoms with Gasteiger partial charge >= 0.3 is 11.9 Å². The Morgan fingerprint density at radius 1 is 0.875 bits per heavy atom. The highest BCUT2D eigenvalue weighted by atomic mass is 16.5. The van der Waals surface area contributed by atoms with Gasteiger partial charge < -0.3 is 9.47 Å². The van der Waals surface area contributed by atoms with E-state index in [2.05, 4.69) is 11.8 Å². The number of rotatable bonds is 4. The maximum absolute atomic E-state index is 12.1. The highest BCUT2D eigenvalue weighted by Gasteiger charge is 2.11. The van der Waals surface area contributed by atoms with Crippen molar-refractivity contribution >= 4 is 11.9 Å². The summed E-state index contributed by atoms with van der Waals surface area (Å²) in [7, 11) is 0. The highest BCUT2D eigenvalue weighted by molar-refractivity contribution is 5.92. The maximum Gasteiger partial charge on any atom is 0.343 e. The number of carbonyl (C=O) groups is 2. The molecule has 0 N–H and O–H groups in total. The fourth-order valence-corrected chi connectivity index (χ4v) is 1.94. The molecule has 0 bridgehead atoms. The Morgan fingerprint density at radius 2 is 1.42 bits per heavy atom. The minimum atomic E-state index is -0.469. The molecule has 0 aliphatic rings. The van der Waals surface area contributed by atoms with Crippen LogP contribution in [0.25, 0.3) is 0 Å². The van der Waals surface area contributed by atoms with Crippen LogP contribution in [0.15, 0.2) is 48.5 Å². The van der Waals surface area contributed by atoms with Gasteiger partial charge in [0.15, 0.2) is 0 Å².